The number of aliphatic hydroxyl groups excluding tert-OH is 2. The van der Waals surface area contributed by atoms with E-state index in [0.29, 0.717) is 23.5 Å². The minimum absolute atomic E-state index is 0.220. The van der Waals surface area contributed by atoms with Crippen molar-refractivity contribution in [3.63, 3.8) is 0 Å². The van der Waals surface area contributed by atoms with Gasteiger partial charge < -0.3 is 20.4 Å². The van der Waals surface area contributed by atoms with Gasteiger partial charge in [0.2, 0.25) is 5.95 Å². The summed E-state index contributed by atoms with van der Waals surface area (Å²) in [5.74, 6) is 1.97. The number of pyridine rings is 2. The van der Waals surface area contributed by atoms with Crippen molar-refractivity contribution in [2.75, 3.05) is 56.1 Å². The molecule has 0 unspecified atom stereocenters. The highest BCUT2D eigenvalue weighted by Gasteiger charge is 2.25. The molecule has 0 aliphatic carbocycles. The van der Waals surface area contributed by atoms with Gasteiger partial charge in [-0.1, -0.05) is 6.07 Å². The van der Waals surface area contributed by atoms with Crippen molar-refractivity contribution in [2.24, 2.45) is 0 Å². The van der Waals surface area contributed by atoms with Crippen molar-refractivity contribution >= 4 is 28.5 Å². The fourth-order valence-electron chi connectivity index (χ4n) is 5.04. The normalized spacial score (nSPS) is 20.2. The van der Waals surface area contributed by atoms with Crippen LogP contribution in [0.15, 0.2) is 30.6 Å². The molecule has 3 aromatic rings. The van der Waals surface area contributed by atoms with E-state index in [0.717, 1.165) is 80.9 Å². The monoisotopic (exact) mass is 492 g/mol. The molecule has 0 saturated carbocycles. The molecule has 192 valence electrons. The Kier molecular flexibility index (Phi) is 7.56. The lowest BCUT2D eigenvalue weighted by atomic mass is 10.2. The third-order valence-corrected chi connectivity index (χ3v) is 7.17. The molecule has 2 aliphatic heterocycles. The van der Waals surface area contributed by atoms with E-state index >= 15 is 0 Å². The summed E-state index contributed by atoms with van der Waals surface area (Å²) in [7, 11) is 0. The number of anilines is 3. The molecule has 2 fully saturated rings. The van der Waals surface area contributed by atoms with Crippen LogP contribution in [0.25, 0.3) is 10.9 Å². The van der Waals surface area contributed by atoms with Gasteiger partial charge in [-0.2, -0.15) is 0 Å². The van der Waals surface area contributed by atoms with Gasteiger partial charge in [-0.25, -0.2) is 19.9 Å². The van der Waals surface area contributed by atoms with Gasteiger partial charge in [0.25, 0.3) is 0 Å². The van der Waals surface area contributed by atoms with Crippen molar-refractivity contribution in [3.05, 3.63) is 41.9 Å². The van der Waals surface area contributed by atoms with Gasteiger partial charge in [0, 0.05) is 69.6 Å². The number of fused-ring (bicyclic) bond motifs is 1. The van der Waals surface area contributed by atoms with Crippen LogP contribution in [0.3, 0.4) is 0 Å². The van der Waals surface area contributed by atoms with Gasteiger partial charge in [0.1, 0.15) is 11.3 Å². The minimum Gasteiger partial charge on any atom is -0.395 e. The van der Waals surface area contributed by atoms with Gasteiger partial charge in [-0.15, -0.1) is 0 Å². The summed E-state index contributed by atoms with van der Waals surface area (Å²) in [6.07, 6.45) is 5.27. The first kappa shape index (κ1) is 24.8. The molecule has 10 nitrogen and oxygen atoms in total. The SMILES string of the molecule is C[C@@H]1CCCN1c1nc([C@@H](C)O)cc2cnc(Nc3ccc(CN4CCN(CCO)CC4)cn3)nc12. The highest BCUT2D eigenvalue weighted by molar-refractivity contribution is 5.89. The predicted molar refractivity (Wildman–Crippen MR) is 140 cm³/mol. The quantitative estimate of drug-likeness (QED) is 0.433. The van der Waals surface area contributed by atoms with Crippen LogP contribution >= 0.6 is 0 Å². The van der Waals surface area contributed by atoms with Crippen LogP contribution in [0.1, 0.15) is 44.1 Å². The number of aliphatic hydroxyl groups is 2. The number of hydrogen-bond acceptors (Lipinski definition) is 10. The highest BCUT2D eigenvalue weighted by Crippen LogP contribution is 2.32. The van der Waals surface area contributed by atoms with Gasteiger partial charge in [-0.05, 0) is 44.4 Å². The smallest absolute Gasteiger partial charge is 0.229 e. The van der Waals surface area contributed by atoms with Gasteiger partial charge >= 0.3 is 0 Å². The Bertz CT molecular complexity index is 1160. The van der Waals surface area contributed by atoms with Gasteiger partial charge in [0.05, 0.1) is 18.4 Å². The first-order valence-electron chi connectivity index (χ1n) is 12.9. The Balaban J connectivity index is 1.30. The van der Waals surface area contributed by atoms with Crippen molar-refractivity contribution < 1.29 is 10.2 Å². The fraction of sp³-hybridized carbons (Fsp3) is 0.538. The van der Waals surface area contributed by atoms with E-state index in [2.05, 4.69) is 43.0 Å². The number of β-amino-alcohol motifs (C(OH)–C–C–N with tert-alkyl or cyclic N) is 1. The second-order valence-corrected chi connectivity index (χ2v) is 9.88. The van der Waals surface area contributed by atoms with Crippen LogP contribution in [0, 0.1) is 0 Å². The molecule has 0 bridgehead atoms. The van der Waals surface area contributed by atoms with Crippen LogP contribution < -0.4 is 10.2 Å². The first-order valence-corrected chi connectivity index (χ1v) is 12.9. The van der Waals surface area contributed by atoms with E-state index in [4.69, 9.17) is 15.1 Å². The third kappa shape index (κ3) is 5.57. The van der Waals surface area contributed by atoms with E-state index in [1.54, 1.807) is 13.1 Å². The van der Waals surface area contributed by atoms with E-state index in [-0.39, 0.29) is 6.61 Å². The first-order chi connectivity index (χ1) is 17.5. The van der Waals surface area contributed by atoms with E-state index in [9.17, 15) is 5.11 Å². The average molecular weight is 493 g/mol. The molecule has 36 heavy (non-hydrogen) atoms. The molecular weight excluding hydrogens is 456 g/mol. The predicted octanol–water partition coefficient (Wildman–Crippen LogP) is 2.32. The van der Waals surface area contributed by atoms with Crippen LogP contribution in [-0.2, 0) is 6.54 Å². The number of aromatic nitrogens is 4. The molecule has 3 aromatic heterocycles. The van der Waals surface area contributed by atoms with Crippen molar-refractivity contribution in [1.82, 2.24) is 29.7 Å². The van der Waals surface area contributed by atoms with Crippen LogP contribution in [0.4, 0.5) is 17.6 Å². The Morgan fingerprint density at radius 1 is 1.06 bits per heavy atom. The molecule has 3 N–H and O–H groups in total. The van der Waals surface area contributed by atoms with Crippen molar-refractivity contribution in [1.29, 1.82) is 0 Å². The highest BCUT2D eigenvalue weighted by atomic mass is 16.3. The molecule has 2 aliphatic rings. The van der Waals surface area contributed by atoms with E-state index in [1.165, 1.54) is 0 Å². The second kappa shape index (κ2) is 11.0. The van der Waals surface area contributed by atoms with Crippen LogP contribution in [0.2, 0.25) is 0 Å². The molecule has 5 rings (SSSR count). The molecule has 0 aromatic carbocycles. The third-order valence-electron chi connectivity index (χ3n) is 7.17. The molecule has 0 radical (unpaired) electrons. The number of nitrogens with zero attached hydrogens (tertiary/aromatic N) is 7. The summed E-state index contributed by atoms with van der Waals surface area (Å²) in [6, 6.07) is 6.29. The second-order valence-electron chi connectivity index (χ2n) is 9.88. The lowest BCUT2D eigenvalue weighted by molar-refractivity contribution is 0.108. The standard InChI is InChI=1S/C26H36N8O2/c1-18-4-3-7-34(18)25-24-21(14-22(29-25)19(2)36)16-28-26(31-24)30-23-6-5-20(15-27-23)17-33-10-8-32(9-11-33)12-13-35/h5-6,14-16,18-19,35-36H,3-4,7-13,17H2,1-2H3,(H,27,28,30,31)/t18-,19-/m1/s1. The number of hydrogen-bond donors (Lipinski definition) is 3. The molecule has 2 saturated heterocycles. The summed E-state index contributed by atoms with van der Waals surface area (Å²) in [5.41, 5.74) is 2.58. The van der Waals surface area contributed by atoms with Gasteiger partial charge in [-0.3, -0.25) is 9.80 Å². The number of rotatable bonds is 8. The summed E-state index contributed by atoms with van der Waals surface area (Å²) in [5, 5.41) is 23.4. The zero-order valence-electron chi connectivity index (χ0n) is 21.1. The maximum Gasteiger partial charge on any atom is 0.229 e. The lowest BCUT2D eigenvalue weighted by Crippen LogP contribution is -2.46. The molecule has 10 heteroatoms. The zero-order valence-corrected chi connectivity index (χ0v) is 21.1. The summed E-state index contributed by atoms with van der Waals surface area (Å²) >= 11 is 0. The Hall–Kier alpha value is -2.92. The average Bonchev–Trinajstić information content (AvgIpc) is 3.31. The maximum atomic E-state index is 10.2. The molecule has 0 spiro atoms. The summed E-state index contributed by atoms with van der Waals surface area (Å²) in [6.45, 7) is 10.7. The molecule has 0 amide bonds. The van der Waals surface area contributed by atoms with Gasteiger partial charge in [0.15, 0.2) is 5.82 Å². The Labute approximate surface area is 212 Å². The zero-order chi connectivity index (χ0) is 25.1. The number of nitrogens with one attached hydrogen (secondary N) is 1. The molecule has 2 atom stereocenters. The topological polar surface area (TPSA) is 114 Å². The van der Waals surface area contributed by atoms with E-state index < -0.39 is 6.10 Å². The largest absolute Gasteiger partial charge is 0.395 e. The number of piperazine rings is 1. The lowest BCUT2D eigenvalue weighted by Gasteiger charge is -2.34. The van der Waals surface area contributed by atoms with E-state index in [1.807, 2.05) is 18.3 Å². The minimum atomic E-state index is -0.656. The molecule has 5 heterocycles. The van der Waals surface area contributed by atoms with Crippen molar-refractivity contribution in [3.8, 4) is 0 Å². The molecular formula is C26H36N8O2. The van der Waals surface area contributed by atoms with Crippen LogP contribution in [0.5, 0.6) is 0 Å². The summed E-state index contributed by atoms with van der Waals surface area (Å²) < 4.78 is 0. The Morgan fingerprint density at radius 2 is 1.86 bits per heavy atom. The maximum absolute atomic E-state index is 10.2. The Morgan fingerprint density at radius 3 is 2.53 bits per heavy atom. The van der Waals surface area contributed by atoms with Crippen LogP contribution in [-0.4, -0.2) is 91.9 Å². The summed E-state index contributed by atoms with van der Waals surface area (Å²) in [4.78, 5) is 25.7. The van der Waals surface area contributed by atoms with Crippen molar-refractivity contribution in [2.45, 2.75) is 45.4 Å². The fourth-order valence-corrected chi connectivity index (χ4v) is 5.04.